The van der Waals surface area contributed by atoms with E-state index in [4.69, 9.17) is 19.9 Å². The van der Waals surface area contributed by atoms with Crippen LogP contribution in [-0.2, 0) is 0 Å². The van der Waals surface area contributed by atoms with Crippen LogP contribution in [-0.4, -0.2) is 24.9 Å². The first kappa shape index (κ1) is 22.4. The zero-order chi connectivity index (χ0) is 26.5. The molecule has 0 radical (unpaired) electrons. The van der Waals surface area contributed by atoms with E-state index in [1.807, 2.05) is 60.8 Å². The lowest BCUT2D eigenvalue weighted by molar-refractivity contribution is 1.22. The van der Waals surface area contributed by atoms with Crippen LogP contribution in [0.1, 0.15) is 0 Å². The van der Waals surface area contributed by atoms with Crippen molar-refractivity contribution in [1.29, 1.82) is 0 Å². The van der Waals surface area contributed by atoms with Crippen LogP contribution in [0.3, 0.4) is 0 Å². The van der Waals surface area contributed by atoms with Crippen molar-refractivity contribution in [3.63, 3.8) is 0 Å². The van der Waals surface area contributed by atoms with Gasteiger partial charge in [-0.3, -0.25) is 4.98 Å². The second-order valence-electron chi connectivity index (χ2n) is 9.75. The first-order chi connectivity index (χ1) is 19.8. The van der Waals surface area contributed by atoms with Crippen LogP contribution in [0.2, 0.25) is 0 Å². The molecule has 4 aromatic carbocycles. The van der Waals surface area contributed by atoms with E-state index >= 15 is 0 Å². The standard InChI is InChI=1S/C35H21N5/c1-2-11-25-22(8-1)9-5-12-26(25)34-35(40-29-14-4-3-13-28(29)39-34)31-16-6-15-27(37-31)30-20-19-24-18-17-23-10-7-21-36-32(23)33(24)38-30/h1-21H. The van der Waals surface area contributed by atoms with E-state index in [0.29, 0.717) is 0 Å². The fourth-order valence-corrected chi connectivity index (χ4v) is 5.37. The van der Waals surface area contributed by atoms with E-state index in [2.05, 4.69) is 71.7 Å². The van der Waals surface area contributed by atoms with Crippen molar-refractivity contribution in [2.75, 3.05) is 0 Å². The Hall–Kier alpha value is -5.55. The van der Waals surface area contributed by atoms with Gasteiger partial charge in [-0.15, -0.1) is 0 Å². The summed E-state index contributed by atoms with van der Waals surface area (Å²) >= 11 is 0. The number of fused-ring (bicyclic) bond motifs is 5. The van der Waals surface area contributed by atoms with Crippen LogP contribution >= 0.6 is 0 Å². The lowest BCUT2D eigenvalue weighted by atomic mass is 9.99. The molecule has 0 aliphatic carbocycles. The summed E-state index contributed by atoms with van der Waals surface area (Å²) in [5.41, 5.74) is 8.31. The van der Waals surface area contributed by atoms with Crippen molar-refractivity contribution in [2.24, 2.45) is 0 Å². The summed E-state index contributed by atoms with van der Waals surface area (Å²) in [5.74, 6) is 0. The molecule has 5 heteroatoms. The Morgan fingerprint density at radius 3 is 1.93 bits per heavy atom. The van der Waals surface area contributed by atoms with Crippen molar-refractivity contribution >= 4 is 43.6 Å². The molecule has 8 rings (SSSR count). The van der Waals surface area contributed by atoms with Crippen molar-refractivity contribution < 1.29 is 0 Å². The highest BCUT2D eigenvalue weighted by Gasteiger charge is 2.17. The quantitative estimate of drug-likeness (QED) is 0.223. The van der Waals surface area contributed by atoms with Crippen molar-refractivity contribution in [3.8, 4) is 34.0 Å². The van der Waals surface area contributed by atoms with Crippen molar-refractivity contribution in [2.45, 2.75) is 0 Å². The van der Waals surface area contributed by atoms with Gasteiger partial charge in [0.25, 0.3) is 0 Å². The van der Waals surface area contributed by atoms with Gasteiger partial charge in [0.05, 0.1) is 44.8 Å². The predicted octanol–water partition coefficient (Wildman–Crippen LogP) is 8.28. The highest BCUT2D eigenvalue weighted by Crippen LogP contribution is 2.35. The molecule has 0 unspecified atom stereocenters. The summed E-state index contributed by atoms with van der Waals surface area (Å²) in [6, 6.07) is 40.9. The average molecular weight is 512 g/mol. The number of nitrogens with zero attached hydrogens (tertiary/aromatic N) is 5. The van der Waals surface area contributed by atoms with Crippen LogP contribution < -0.4 is 0 Å². The van der Waals surface area contributed by atoms with Gasteiger partial charge in [0.2, 0.25) is 0 Å². The lowest BCUT2D eigenvalue weighted by Crippen LogP contribution is -1.99. The SMILES string of the molecule is c1cc(-c2ccc3ccc4cccnc4c3n2)nc(-c2nc3ccccc3nc2-c2cccc3ccccc23)c1. The molecule has 0 amide bonds. The minimum atomic E-state index is 0.741. The Labute approximate surface area is 229 Å². The molecular weight excluding hydrogens is 490 g/mol. The smallest absolute Gasteiger partial charge is 0.116 e. The minimum Gasteiger partial charge on any atom is -0.254 e. The van der Waals surface area contributed by atoms with E-state index in [1.54, 1.807) is 0 Å². The third kappa shape index (κ3) is 3.68. The van der Waals surface area contributed by atoms with Gasteiger partial charge >= 0.3 is 0 Å². The summed E-state index contributed by atoms with van der Waals surface area (Å²) in [5, 5.41) is 4.39. The molecule has 0 N–H and O–H groups in total. The summed E-state index contributed by atoms with van der Waals surface area (Å²) < 4.78 is 0. The molecule has 4 aromatic heterocycles. The van der Waals surface area contributed by atoms with E-state index in [0.717, 1.165) is 77.6 Å². The zero-order valence-corrected chi connectivity index (χ0v) is 21.4. The number of aromatic nitrogens is 5. The lowest BCUT2D eigenvalue weighted by Gasteiger charge is -2.13. The number of para-hydroxylation sites is 2. The van der Waals surface area contributed by atoms with Gasteiger partial charge in [-0.25, -0.2) is 19.9 Å². The largest absolute Gasteiger partial charge is 0.254 e. The number of hydrogen-bond acceptors (Lipinski definition) is 5. The summed E-state index contributed by atoms with van der Waals surface area (Å²) in [7, 11) is 0. The van der Waals surface area contributed by atoms with Crippen LogP contribution in [0.5, 0.6) is 0 Å². The molecule has 0 saturated carbocycles. The maximum Gasteiger partial charge on any atom is 0.116 e. The van der Waals surface area contributed by atoms with Crippen molar-refractivity contribution in [1.82, 2.24) is 24.9 Å². The van der Waals surface area contributed by atoms with Crippen LogP contribution in [0.4, 0.5) is 0 Å². The number of hydrogen-bond donors (Lipinski definition) is 0. The predicted molar refractivity (Wildman–Crippen MR) is 162 cm³/mol. The Morgan fingerprint density at radius 2 is 1.02 bits per heavy atom. The molecule has 0 spiro atoms. The van der Waals surface area contributed by atoms with Gasteiger partial charge < -0.3 is 0 Å². The molecule has 40 heavy (non-hydrogen) atoms. The zero-order valence-electron chi connectivity index (χ0n) is 21.4. The van der Waals surface area contributed by atoms with Crippen LogP contribution in [0.25, 0.3) is 77.6 Å². The topological polar surface area (TPSA) is 64.5 Å². The van der Waals surface area contributed by atoms with E-state index in [-0.39, 0.29) is 0 Å². The molecule has 0 aliphatic heterocycles. The average Bonchev–Trinajstić information content (AvgIpc) is 3.03. The van der Waals surface area contributed by atoms with Crippen LogP contribution in [0.15, 0.2) is 128 Å². The van der Waals surface area contributed by atoms with Crippen molar-refractivity contribution in [3.05, 3.63) is 128 Å². The Kier molecular flexibility index (Phi) is 5.07. The Balaban J connectivity index is 1.35. The minimum absolute atomic E-state index is 0.741. The second-order valence-corrected chi connectivity index (χ2v) is 9.75. The van der Waals surface area contributed by atoms with E-state index < -0.39 is 0 Å². The number of rotatable bonds is 3. The van der Waals surface area contributed by atoms with Gasteiger partial charge in [-0.1, -0.05) is 84.9 Å². The molecule has 0 saturated heterocycles. The third-order valence-corrected chi connectivity index (χ3v) is 7.30. The molecule has 0 atom stereocenters. The molecule has 0 aliphatic rings. The molecule has 4 heterocycles. The maximum absolute atomic E-state index is 5.12. The third-order valence-electron chi connectivity index (χ3n) is 7.30. The van der Waals surface area contributed by atoms with Gasteiger partial charge in [0.15, 0.2) is 0 Å². The molecule has 186 valence electrons. The van der Waals surface area contributed by atoms with Gasteiger partial charge in [-0.05, 0) is 47.2 Å². The molecule has 5 nitrogen and oxygen atoms in total. The van der Waals surface area contributed by atoms with Gasteiger partial charge in [-0.2, -0.15) is 0 Å². The summed E-state index contributed by atoms with van der Waals surface area (Å²) in [4.78, 5) is 24.9. The molecule has 8 aromatic rings. The second kappa shape index (κ2) is 9.03. The fraction of sp³-hybridized carbons (Fsp3) is 0. The van der Waals surface area contributed by atoms with Gasteiger partial charge in [0.1, 0.15) is 5.69 Å². The molecular formula is C35H21N5. The number of benzene rings is 4. The fourth-order valence-electron chi connectivity index (χ4n) is 5.37. The first-order valence-electron chi connectivity index (χ1n) is 13.2. The summed E-state index contributed by atoms with van der Waals surface area (Å²) in [6.45, 7) is 0. The first-order valence-corrected chi connectivity index (χ1v) is 13.2. The monoisotopic (exact) mass is 511 g/mol. The number of pyridine rings is 3. The van der Waals surface area contributed by atoms with Crippen LogP contribution in [0, 0.1) is 0 Å². The highest BCUT2D eigenvalue weighted by atomic mass is 14.9. The maximum atomic E-state index is 5.12. The Bertz CT molecular complexity index is 2230. The Morgan fingerprint density at radius 1 is 0.375 bits per heavy atom. The van der Waals surface area contributed by atoms with Gasteiger partial charge in [0, 0.05) is 22.5 Å². The summed E-state index contributed by atoms with van der Waals surface area (Å²) in [6.07, 6.45) is 1.81. The molecule has 0 bridgehead atoms. The van der Waals surface area contributed by atoms with E-state index in [1.165, 1.54) is 0 Å². The normalized spacial score (nSPS) is 11.5. The van der Waals surface area contributed by atoms with E-state index in [9.17, 15) is 0 Å². The highest BCUT2D eigenvalue weighted by molar-refractivity contribution is 6.03. The molecule has 0 fully saturated rings.